The predicted octanol–water partition coefficient (Wildman–Crippen LogP) is 7.68. The van der Waals surface area contributed by atoms with Crippen molar-refractivity contribution in [1.29, 1.82) is 0 Å². The number of piperidine rings is 2. The van der Waals surface area contributed by atoms with E-state index in [1.807, 2.05) is 0 Å². The summed E-state index contributed by atoms with van der Waals surface area (Å²) in [5.74, 6) is 0.844. The van der Waals surface area contributed by atoms with Gasteiger partial charge in [-0.2, -0.15) is 0 Å². The second kappa shape index (κ2) is 8.12. The van der Waals surface area contributed by atoms with E-state index in [0.717, 1.165) is 38.0 Å². The highest BCUT2D eigenvalue weighted by atomic mass is 16.6. The van der Waals surface area contributed by atoms with Gasteiger partial charge in [0.15, 0.2) is 0 Å². The molecule has 5 aliphatic carbocycles. The summed E-state index contributed by atoms with van der Waals surface area (Å²) in [7, 11) is 0. The van der Waals surface area contributed by atoms with E-state index in [2.05, 4.69) is 67.3 Å². The van der Waals surface area contributed by atoms with Crippen molar-refractivity contribution in [3.05, 3.63) is 59.7 Å². The Bertz CT molecular complexity index is 1260. The van der Waals surface area contributed by atoms with E-state index in [9.17, 15) is 9.90 Å². The number of fused-ring (bicyclic) bond motifs is 5. The molecule has 2 saturated heterocycles. The normalized spacial score (nSPS) is 41.8. The van der Waals surface area contributed by atoms with Gasteiger partial charge in [0.2, 0.25) is 0 Å². The summed E-state index contributed by atoms with van der Waals surface area (Å²) in [5, 5.41) is 12.6. The van der Waals surface area contributed by atoms with Gasteiger partial charge in [-0.3, -0.25) is 0 Å². The lowest BCUT2D eigenvalue weighted by molar-refractivity contribution is -0.248. The van der Waals surface area contributed by atoms with Crippen LogP contribution >= 0.6 is 0 Å². The molecule has 0 aromatic heterocycles. The Labute approximate surface area is 233 Å². The van der Waals surface area contributed by atoms with Crippen LogP contribution in [-0.4, -0.2) is 40.4 Å². The molecule has 39 heavy (non-hydrogen) atoms. The van der Waals surface area contributed by atoms with Gasteiger partial charge in [0.1, 0.15) is 6.61 Å². The SMILES string of the molecule is CC12CC3CC(C)(C1)CC(C1(O)CC4CCCC(C1)N4C(=O)OCC1c4ccccc4-c4ccccc41)(C3)C2. The summed E-state index contributed by atoms with van der Waals surface area (Å²) in [6.07, 6.45) is 12.0. The Balaban J connectivity index is 1.03. The third-order valence-electron chi connectivity index (χ3n) is 12.2. The molecule has 1 N–H and O–H groups in total. The van der Waals surface area contributed by atoms with E-state index >= 15 is 0 Å². The molecule has 6 fully saturated rings. The number of nitrogens with zero attached hydrogens (tertiary/aromatic N) is 1. The first-order chi connectivity index (χ1) is 18.7. The van der Waals surface area contributed by atoms with Crippen LogP contribution in [0.5, 0.6) is 0 Å². The highest BCUT2D eigenvalue weighted by Crippen LogP contribution is 2.73. The molecule has 2 aliphatic heterocycles. The van der Waals surface area contributed by atoms with Gasteiger partial charge < -0.3 is 14.7 Å². The topological polar surface area (TPSA) is 49.8 Å². The third-order valence-corrected chi connectivity index (χ3v) is 12.2. The highest BCUT2D eigenvalue weighted by molar-refractivity contribution is 5.79. The maximum Gasteiger partial charge on any atom is 0.410 e. The molecule has 4 atom stereocenters. The molecule has 4 unspecified atom stereocenters. The number of ether oxygens (including phenoxy) is 1. The first-order valence-corrected chi connectivity index (χ1v) is 15.5. The van der Waals surface area contributed by atoms with Crippen molar-refractivity contribution in [3.8, 4) is 11.1 Å². The van der Waals surface area contributed by atoms with Crippen LogP contribution in [0.3, 0.4) is 0 Å². The second-order valence-electron chi connectivity index (χ2n) is 15.3. The van der Waals surface area contributed by atoms with Gasteiger partial charge in [0.05, 0.1) is 5.60 Å². The van der Waals surface area contributed by atoms with E-state index in [1.165, 1.54) is 60.8 Å². The average molecular weight is 526 g/mol. The number of rotatable bonds is 3. The largest absolute Gasteiger partial charge is 0.448 e. The van der Waals surface area contributed by atoms with Gasteiger partial charge in [-0.05, 0) is 110 Å². The Kier molecular flexibility index (Phi) is 5.09. The van der Waals surface area contributed by atoms with Gasteiger partial charge in [0.25, 0.3) is 0 Å². The predicted molar refractivity (Wildman–Crippen MR) is 152 cm³/mol. The van der Waals surface area contributed by atoms with Gasteiger partial charge in [-0.1, -0.05) is 62.4 Å². The summed E-state index contributed by atoms with van der Waals surface area (Å²) in [4.78, 5) is 15.8. The summed E-state index contributed by atoms with van der Waals surface area (Å²) in [6.45, 7) is 5.37. The lowest BCUT2D eigenvalue weighted by Crippen LogP contribution is -2.69. The van der Waals surface area contributed by atoms with Crippen LogP contribution in [0.25, 0.3) is 11.1 Å². The Hall–Kier alpha value is -2.33. The molecule has 0 spiro atoms. The van der Waals surface area contributed by atoms with Crippen molar-refractivity contribution in [2.45, 2.75) is 108 Å². The Morgan fingerprint density at radius 1 is 0.846 bits per heavy atom. The Morgan fingerprint density at radius 2 is 1.41 bits per heavy atom. The van der Waals surface area contributed by atoms with Gasteiger partial charge in [0, 0.05) is 23.4 Å². The number of amides is 1. The van der Waals surface area contributed by atoms with Crippen LogP contribution in [0, 0.1) is 22.2 Å². The molecular weight excluding hydrogens is 482 g/mol. The number of aliphatic hydroxyl groups is 1. The average Bonchev–Trinajstić information content (AvgIpc) is 3.18. The molecule has 9 rings (SSSR count). The van der Waals surface area contributed by atoms with Crippen molar-refractivity contribution in [1.82, 2.24) is 4.90 Å². The monoisotopic (exact) mass is 525 g/mol. The van der Waals surface area contributed by atoms with Gasteiger partial charge >= 0.3 is 6.09 Å². The molecule has 6 bridgehead atoms. The van der Waals surface area contributed by atoms with Crippen LogP contribution in [-0.2, 0) is 4.74 Å². The zero-order valence-electron chi connectivity index (χ0n) is 23.6. The van der Waals surface area contributed by atoms with E-state index in [0.29, 0.717) is 17.4 Å². The molecule has 2 aromatic rings. The minimum atomic E-state index is -0.662. The zero-order chi connectivity index (χ0) is 26.6. The van der Waals surface area contributed by atoms with Gasteiger partial charge in [-0.15, -0.1) is 0 Å². The lowest BCUT2D eigenvalue weighted by Gasteiger charge is -2.70. The van der Waals surface area contributed by atoms with Crippen molar-refractivity contribution < 1.29 is 14.6 Å². The fourth-order valence-electron chi connectivity index (χ4n) is 11.8. The van der Waals surface area contributed by atoms with E-state index in [-0.39, 0.29) is 29.5 Å². The lowest BCUT2D eigenvalue weighted by atomic mass is 9.36. The number of benzene rings is 2. The first kappa shape index (κ1) is 24.5. The number of hydrogen-bond donors (Lipinski definition) is 1. The van der Waals surface area contributed by atoms with Crippen molar-refractivity contribution >= 4 is 6.09 Å². The standard InChI is InChI=1S/C35H43NO3/c1-32-14-23-15-33(2,20-32)22-34(16-23,21-32)35(38)17-24-8-7-9-25(18-35)36(24)31(37)39-19-30-28-12-5-3-10-26(28)27-11-4-6-13-29(27)30/h3-6,10-13,23-25,30,38H,7-9,14-22H2,1-2H3. The summed E-state index contributed by atoms with van der Waals surface area (Å²) in [6, 6.07) is 17.2. The van der Waals surface area contributed by atoms with E-state index < -0.39 is 5.60 Å². The molecule has 7 aliphatic rings. The van der Waals surface area contributed by atoms with Gasteiger partial charge in [-0.25, -0.2) is 4.79 Å². The zero-order valence-corrected chi connectivity index (χ0v) is 23.6. The minimum Gasteiger partial charge on any atom is -0.448 e. The molecular formula is C35H43NO3. The highest BCUT2D eigenvalue weighted by Gasteiger charge is 2.68. The van der Waals surface area contributed by atoms with Crippen LogP contribution in [0.2, 0.25) is 0 Å². The summed E-state index contributed by atoms with van der Waals surface area (Å²) < 4.78 is 6.17. The number of hydrogen-bond acceptors (Lipinski definition) is 3. The summed E-state index contributed by atoms with van der Waals surface area (Å²) in [5.41, 5.74) is 5.14. The fraction of sp³-hybridized carbons (Fsp3) is 0.629. The molecule has 1 amide bonds. The first-order valence-electron chi connectivity index (χ1n) is 15.5. The van der Waals surface area contributed by atoms with E-state index in [1.54, 1.807) is 0 Å². The molecule has 4 nitrogen and oxygen atoms in total. The fourth-order valence-corrected chi connectivity index (χ4v) is 11.8. The summed E-state index contributed by atoms with van der Waals surface area (Å²) >= 11 is 0. The smallest absolute Gasteiger partial charge is 0.410 e. The minimum absolute atomic E-state index is 0.0248. The second-order valence-corrected chi connectivity index (χ2v) is 15.3. The molecule has 4 heteroatoms. The van der Waals surface area contributed by atoms with Crippen molar-refractivity contribution in [2.24, 2.45) is 22.2 Å². The van der Waals surface area contributed by atoms with Crippen LogP contribution in [0.1, 0.15) is 102 Å². The number of carbonyl (C=O) groups excluding carboxylic acids is 1. The molecule has 0 radical (unpaired) electrons. The van der Waals surface area contributed by atoms with Crippen LogP contribution in [0.4, 0.5) is 4.79 Å². The third kappa shape index (κ3) is 3.55. The molecule has 206 valence electrons. The molecule has 2 heterocycles. The Morgan fingerprint density at radius 3 is 1.97 bits per heavy atom. The quantitative estimate of drug-likeness (QED) is 0.447. The maximum atomic E-state index is 13.8. The van der Waals surface area contributed by atoms with E-state index in [4.69, 9.17) is 4.74 Å². The molecule has 2 aromatic carbocycles. The van der Waals surface area contributed by atoms with Crippen LogP contribution in [0.15, 0.2) is 48.5 Å². The number of carbonyl (C=O) groups is 1. The molecule has 4 saturated carbocycles. The van der Waals surface area contributed by atoms with Crippen LogP contribution < -0.4 is 0 Å². The van der Waals surface area contributed by atoms with Crippen molar-refractivity contribution in [2.75, 3.05) is 6.61 Å². The maximum absolute atomic E-state index is 13.8. The van der Waals surface area contributed by atoms with Crippen molar-refractivity contribution in [3.63, 3.8) is 0 Å².